The number of hydrogen-bond acceptors (Lipinski definition) is 2. The van der Waals surface area contributed by atoms with Crippen LogP contribution in [-0.4, -0.2) is 6.71 Å². The third kappa shape index (κ3) is 5.13. The summed E-state index contributed by atoms with van der Waals surface area (Å²) in [6.07, 6.45) is 5.78. The Morgan fingerprint density at radius 1 is 0.627 bits per heavy atom. The fraction of sp³-hybridized carbons (Fsp3) is 0.375. The molecule has 2 heterocycles. The van der Waals surface area contributed by atoms with Gasteiger partial charge in [-0.15, -0.1) is 0 Å². The van der Waals surface area contributed by atoms with E-state index in [4.69, 9.17) is 0 Å². The lowest BCUT2D eigenvalue weighted by atomic mass is 9.33. The molecule has 0 saturated carbocycles. The number of fused-ring (bicyclic) bond motifs is 6. The van der Waals surface area contributed by atoms with Crippen molar-refractivity contribution in [3.63, 3.8) is 0 Å². The highest BCUT2D eigenvalue weighted by Gasteiger charge is 2.47. The normalized spacial score (nSPS) is 18.5. The van der Waals surface area contributed by atoms with Crippen LogP contribution in [0.5, 0.6) is 0 Å². The average Bonchev–Trinajstić information content (AvgIpc) is 3.39. The van der Waals surface area contributed by atoms with Gasteiger partial charge in [-0.05, 0) is 141 Å². The van der Waals surface area contributed by atoms with Gasteiger partial charge in [-0.25, -0.2) is 0 Å². The first kappa shape index (κ1) is 32.7. The summed E-state index contributed by atoms with van der Waals surface area (Å²) in [6, 6.07) is 36.5. The lowest BCUT2D eigenvalue weighted by molar-refractivity contribution is 0.392. The molecule has 2 nitrogen and oxygen atoms in total. The summed E-state index contributed by atoms with van der Waals surface area (Å²) in [5, 5.41) is 0. The zero-order valence-corrected chi connectivity index (χ0v) is 32.2. The van der Waals surface area contributed by atoms with Crippen LogP contribution < -0.4 is 26.2 Å². The van der Waals surface area contributed by atoms with Gasteiger partial charge in [0.15, 0.2) is 0 Å². The lowest BCUT2D eigenvalue weighted by Gasteiger charge is -2.48. The minimum absolute atomic E-state index is 0.0207. The summed E-state index contributed by atoms with van der Waals surface area (Å²) >= 11 is 0. The first-order valence-electron chi connectivity index (χ1n) is 19.4. The molecule has 4 aliphatic rings. The number of anilines is 5. The van der Waals surface area contributed by atoms with Crippen molar-refractivity contribution in [2.24, 2.45) is 5.41 Å². The molecule has 0 radical (unpaired) electrons. The van der Waals surface area contributed by atoms with Gasteiger partial charge in [0.05, 0.1) is 6.04 Å². The van der Waals surface area contributed by atoms with Crippen molar-refractivity contribution in [1.82, 2.24) is 0 Å². The monoisotopic (exact) mass is 668 g/mol. The first-order chi connectivity index (χ1) is 24.2. The van der Waals surface area contributed by atoms with Crippen molar-refractivity contribution >= 4 is 51.5 Å². The van der Waals surface area contributed by atoms with E-state index in [2.05, 4.69) is 163 Å². The second-order valence-electron chi connectivity index (χ2n) is 18.9. The highest BCUT2D eigenvalue weighted by atomic mass is 15.2. The van der Waals surface area contributed by atoms with Crippen LogP contribution in [-0.2, 0) is 30.1 Å². The molecule has 0 fully saturated rings. The summed E-state index contributed by atoms with van der Waals surface area (Å²) in [7, 11) is 0. The zero-order chi connectivity index (χ0) is 35.6. The van der Waals surface area contributed by atoms with Crippen molar-refractivity contribution in [2.45, 2.75) is 111 Å². The minimum Gasteiger partial charge on any atom is -0.335 e. The largest absolute Gasteiger partial charge is 0.335 e. The van der Waals surface area contributed by atoms with Crippen molar-refractivity contribution < 1.29 is 0 Å². The second kappa shape index (κ2) is 11.1. The fourth-order valence-corrected chi connectivity index (χ4v) is 9.89. The predicted octanol–water partition coefficient (Wildman–Crippen LogP) is 10.5. The molecule has 0 aromatic heterocycles. The summed E-state index contributed by atoms with van der Waals surface area (Å²) in [5.74, 6) is 0. The summed E-state index contributed by atoms with van der Waals surface area (Å²) < 4.78 is 0. The Morgan fingerprint density at radius 3 is 2.04 bits per heavy atom. The fourth-order valence-electron chi connectivity index (χ4n) is 9.89. The molecule has 258 valence electrons. The molecule has 2 aliphatic heterocycles. The van der Waals surface area contributed by atoms with Gasteiger partial charge in [-0.1, -0.05) is 116 Å². The van der Waals surface area contributed by atoms with Gasteiger partial charge in [0, 0.05) is 28.4 Å². The van der Waals surface area contributed by atoms with Crippen LogP contribution in [0.25, 0.3) is 0 Å². The van der Waals surface area contributed by atoms with Crippen LogP contribution in [0.15, 0.2) is 91.0 Å². The molecule has 1 atom stereocenters. The SMILES string of the molecule is Cc1ccccc1N1c2cc3c(cc2B2c4cc(C(C)(C)C)ccc4N(C4CCCc5ccccc54)c4cc(C(C)(C)C)cc1c42)CC(C)(C)C3. The third-order valence-electron chi connectivity index (χ3n) is 12.5. The van der Waals surface area contributed by atoms with Gasteiger partial charge in [0.1, 0.15) is 0 Å². The standard InChI is InChI=1S/C48H53BN2/c1-30-15-10-13-19-39(30)50-42-24-33-29-48(8,9)28-32(33)23-37(42)49-38-25-34(46(2,3)4)21-22-41(38)51(40-20-14-17-31-16-11-12-18-36(31)40)44-27-35(47(5,6)7)26-43(50)45(44)49/h10-13,15-16,18-19,21-27,40H,14,17,20,28-29H2,1-9H3. The van der Waals surface area contributed by atoms with E-state index in [1.54, 1.807) is 0 Å². The second-order valence-corrected chi connectivity index (χ2v) is 18.9. The van der Waals surface area contributed by atoms with Crippen LogP contribution in [0.3, 0.4) is 0 Å². The van der Waals surface area contributed by atoms with Crippen molar-refractivity contribution in [2.75, 3.05) is 9.80 Å². The summed E-state index contributed by atoms with van der Waals surface area (Å²) in [4.78, 5) is 5.45. The molecule has 0 amide bonds. The van der Waals surface area contributed by atoms with Crippen LogP contribution in [0.1, 0.15) is 113 Å². The van der Waals surface area contributed by atoms with E-state index in [0.717, 1.165) is 25.7 Å². The number of hydrogen-bond donors (Lipinski definition) is 0. The maximum Gasteiger partial charge on any atom is 0.252 e. The molecule has 0 saturated heterocycles. The summed E-state index contributed by atoms with van der Waals surface area (Å²) in [6.45, 7) is 21.6. The molecule has 1 unspecified atom stereocenters. The van der Waals surface area contributed by atoms with Crippen LogP contribution in [0.2, 0.25) is 0 Å². The van der Waals surface area contributed by atoms with E-state index in [0.29, 0.717) is 0 Å². The van der Waals surface area contributed by atoms with E-state index >= 15 is 0 Å². The molecule has 2 aliphatic carbocycles. The minimum atomic E-state index is -0.0207. The van der Waals surface area contributed by atoms with Crippen molar-refractivity contribution in [1.29, 1.82) is 0 Å². The lowest BCUT2D eigenvalue weighted by Crippen LogP contribution is -2.62. The van der Waals surface area contributed by atoms with E-state index in [9.17, 15) is 0 Å². The van der Waals surface area contributed by atoms with E-state index in [1.165, 1.54) is 90.2 Å². The van der Waals surface area contributed by atoms with Crippen LogP contribution >= 0.6 is 0 Å². The van der Waals surface area contributed by atoms with Gasteiger partial charge in [0.25, 0.3) is 6.71 Å². The quantitative estimate of drug-likeness (QED) is 0.170. The molecule has 0 bridgehead atoms. The Balaban J connectivity index is 1.42. The van der Waals surface area contributed by atoms with Gasteiger partial charge >= 0.3 is 0 Å². The Hall–Kier alpha value is -4.24. The third-order valence-corrected chi connectivity index (χ3v) is 12.5. The Morgan fingerprint density at radius 2 is 1.29 bits per heavy atom. The topological polar surface area (TPSA) is 6.48 Å². The van der Waals surface area contributed by atoms with Gasteiger partial charge in [-0.3, -0.25) is 0 Å². The number of benzene rings is 5. The summed E-state index contributed by atoms with van der Waals surface area (Å²) in [5.41, 5.74) is 21.6. The average molecular weight is 669 g/mol. The van der Waals surface area contributed by atoms with Crippen molar-refractivity contribution in [3.8, 4) is 0 Å². The van der Waals surface area contributed by atoms with E-state index in [1.807, 2.05) is 0 Å². The number of rotatable bonds is 2. The van der Waals surface area contributed by atoms with E-state index < -0.39 is 0 Å². The van der Waals surface area contributed by atoms with Gasteiger partial charge in [0.2, 0.25) is 0 Å². The highest BCUT2D eigenvalue weighted by Crippen LogP contribution is 2.50. The molecule has 5 aromatic rings. The number of nitrogens with zero attached hydrogens (tertiary/aromatic N) is 2. The molecule has 51 heavy (non-hydrogen) atoms. The molecule has 5 aromatic carbocycles. The maximum atomic E-state index is 2.79. The Bertz CT molecular complexity index is 2230. The molecular weight excluding hydrogens is 615 g/mol. The molecule has 0 spiro atoms. The maximum absolute atomic E-state index is 2.79. The molecule has 0 N–H and O–H groups in total. The van der Waals surface area contributed by atoms with Crippen molar-refractivity contribution in [3.05, 3.63) is 130 Å². The zero-order valence-electron chi connectivity index (χ0n) is 32.2. The van der Waals surface area contributed by atoms with Gasteiger partial charge in [-0.2, -0.15) is 0 Å². The first-order valence-corrected chi connectivity index (χ1v) is 19.4. The number of aryl methyl sites for hydroxylation is 2. The molecule has 3 heteroatoms. The smallest absolute Gasteiger partial charge is 0.252 e. The Kier molecular flexibility index (Phi) is 7.13. The number of para-hydroxylation sites is 1. The van der Waals surface area contributed by atoms with Crippen LogP contribution in [0, 0.1) is 12.3 Å². The molecular formula is C48H53BN2. The van der Waals surface area contributed by atoms with Crippen LogP contribution in [0.4, 0.5) is 28.4 Å². The van der Waals surface area contributed by atoms with E-state index in [-0.39, 0.29) is 29.0 Å². The molecule has 9 rings (SSSR count). The van der Waals surface area contributed by atoms with Gasteiger partial charge < -0.3 is 9.80 Å². The predicted molar refractivity (Wildman–Crippen MR) is 220 cm³/mol. The Labute approximate surface area is 307 Å². The highest BCUT2D eigenvalue weighted by molar-refractivity contribution is 7.00.